The summed E-state index contributed by atoms with van der Waals surface area (Å²) < 4.78 is 5.90. The predicted octanol–water partition coefficient (Wildman–Crippen LogP) is 7.29. The predicted molar refractivity (Wildman–Crippen MR) is 139 cm³/mol. The minimum Gasteiger partial charge on any atom is -0.462 e. The molecule has 10 unspecified atom stereocenters. The molecule has 5 fully saturated rings. The number of hydrogen-bond acceptors (Lipinski definition) is 3. The topological polar surface area (TPSA) is 52.3 Å². The molecular formula is C31H51NO2. The Hall–Kier alpha value is -0.830. The van der Waals surface area contributed by atoms with Gasteiger partial charge in [-0.15, -0.1) is 0 Å². The molecule has 0 aromatic heterocycles. The van der Waals surface area contributed by atoms with Crippen molar-refractivity contribution in [3.63, 3.8) is 0 Å². The van der Waals surface area contributed by atoms with E-state index in [-0.39, 0.29) is 23.0 Å². The summed E-state index contributed by atoms with van der Waals surface area (Å²) in [7, 11) is 0. The van der Waals surface area contributed by atoms with Crippen molar-refractivity contribution >= 4 is 5.97 Å². The van der Waals surface area contributed by atoms with Gasteiger partial charge in [-0.3, -0.25) is 4.79 Å². The molecule has 5 aliphatic carbocycles. The first-order valence-electron chi connectivity index (χ1n) is 14.3. The molecule has 0 aromatic rings. The van der Waals surface area contributed by atoms with Crippen LogP contribution in [0.2, 0.25) is 0 Å². The van der Waals surface area contributed by atoms with Gasteiger partial charge in [-0.05, 0) is 117 Å². The van der Waals surface area contributed by atoms with E-state index in [1.54, 1.807) is 6.92 Å². The van der Waals surface area contributed by atoms with Gasteiger partial charge in [0, 0.05) is 17.9 Å². The maximum Gasteiger partial charge on any atom is 0.302 e. The number of fused-ring (bicyclic) bond motifs is 7. The first-order chi connectivity index (χ1) is 15.7. The second-order valence-corrected chi connectivity index (χ2v) is 14.8. The third-order valence-corrected chi connectivity index (χ3v) is 13.5. The summed E-state index contributed by atoms with van der Waals surface area (Å²) in [5, 5.41) is 0. The minimum atomic E-state index is -0.161. The highest BCUT2D eigenvalue weighted by Crippen LogP contribution is 2.76. The van der Waals surface area contributed by atoms with Gasteiger partial charge in [0.25, 0.3) is 0 Å². The molecular weight excluding hydrogens is 418 g/mol. The Morgan fingerprint density at radius 3 is 2.12 bits per heavy atom. The van der Waals surface area contributed by atoms with E-state index in [4.69, 9.17) is 10.5 Å². The molecule has 192 valence electrons. The Balaban J connectivity index is 1.50. The number of carbonyl (C=O) groups is 1. The lowest BCUT2D eigenvalue weighted by molar-refractivity contribution is -0.244. The first-order valence-corrected chi connectivity index (χ1v) is 14.3. The van der Waals surface area contributed by atoms with Crippen LogP contribution in [-0.4, -0.2) is 17.6 Å². The van der Waals surface area contributed by atoms with Gasteiger partial charge in [0.1, 0.15) is 6.10 Å². The van der Waals surface area contributed by atoms with E-state index in [1.165, 1.54) is 56.9 Å². The van der Waals surface area contributed by atoms with Gasteiger partial charge in [-0.25, -0.2) is 0 Å². The smallest absolute Gasteiger partial charge is 0.302 e. The van der Waals surface area contributed by atoms with E-state index >= 15 is 0 Å². The molecule has 0 bridgehead atoms. The van der Waals surface area contributed by atoms with Crippen LogP contribution in [-0.2, 0) is 9.53 Å². The van der Waals surface area contributed by atoms with E-state index in [9.17, 15) is 4.79 Å². The van der Waals surface area contributed by atoms with E-state index < -0.39 is 0 Å². The minimum absolute atomic E-state index is 0.0350. The van der Waals surface area contributed by atoms with Gasteiger partial charge in [-0.2, -0.15) is 0 Å². The number of nitrogens with two attached hydrogens (primary N) is 1. The first kappa shape index (κ1) is 24.8. The van der Waals surface area contributed by atoms with E-state index in [2.05, 4.69) is 48.1 Å². The number of carbonyl (C=O) groups excluding carboxylic acids is 1. The van der Waals surface area contributed by atoms with Crippen molar-refractivity contribution in [3.8, 4) is 0 Å². The van der Waals surface area contributed by atoms with Crippen molar-refractivity contribution in [2.75, 3.05) is 0 Å². The number of hydrogen-bond donors (Lipinski definition) is 1. The maximum absolute atomic E-state index is 11.9. The quantitative estimate of drug-likeness (QED) is 0.341. The molecule has 5 rings (SSSR count). The molecule has 3 heteroatoms. The van der Waals surface area contributed by atoms with Crippen LogP contribution in [0.5, 0.6) is 0 Å². The third-order valence-electron chi connectivity index (χ3n) is 13.5. The molecule has 0 amide bonds. The highest BCUT2D eigenvalue weighted by molar-refractivity contribution is 5.66. The molecule has 5 saturated carbocycles. The van der Waals surface area contributed by atoms with Gasteiger partial charge in [0.15, 0.2) is 0 Å². The van der Waals surface area contributed by atoms with Gasteiger partial charge >= 0.3 is 5.97 Å². The molecule has 3 nitrogen and oxygen atoms in total. The Kier molecular flexibility index (Phi) is 5.55. The molecule has 0 heterocycles. The van der Waals surface area contributed by atoms with Crippen molar-refractivity contribution in [1.82, 2.24) is 0 Å². The van der Waals surface area contributed by atoms with Crippen LogP contribution < -0.4 is 5.73 Å². The van der Waals surface area contributed by atoms with Crippen LogP contribution in [0.4, 0.5) is 0 Å². The van der Waals surface area contributed by atoms with Crippen LogP contribution >= 0.6 is 0 Å². The monoisotopic (exact) mass is 469 g/mol. The number of esters is 1. The summed E-state index contributed by atoms with van der Waals surface area (Å²) in [6.07, 6.45) is 12.7. The van der Waals surface area contributed by atoms with Crippen molar-refractivity contribution in [2.45, 2.75) is 124 Å². The summed E-state index contributed by atoms with van der Waals surface area (Å²) in [5.74, 6) is 3.37. The number of ether oxygens (including phenoxy) is 1. The SMILES string of the molecule is C=C(C)C1(N)CCC2CCC3(C)C(CCC4C5(C)CCC(OC(C)=O)C(C)(C)C5CCC43C)C21. The summed E-state index contributed by atoms with van der Waals surface area (Å²) in [4.78, 5) is 11.9. The van der Waals surface area contributed by atoms with E-state index in [1.807, 2.05) is 0 Å². The zero-order valence-corrected chi connectivity index (χ0v) is 23.1. The van der Waals surface area contributed by atoms with E-state index in [0.717, 1.165) is 30.6 Å². The molecule has 0 saturated heterocycles. The summed E-state index contributed by atoms with van der Waals surface area (Å²) in [6, 6.07) is 0. The largest absolute Gasteiger partial charge is 0.462 e. The van der Waals surface area contributed by atoms with Gasteiger partial charge < -0.3 is 10.5 Å². The molecule has 5 aliphatic rings. The normalized spacial score (nSPS) is 53.6. The maximum atomic E-state index is 11.9. The highest BCUT2D eigenvalue weighted by Gasteiger charge is 2.70. The molecule has 0 aromatic carbocycles. The Morgan fingerprint density at radius 2 is 1.47 bits per heavy atom. The van der Waals surface area contributed by atoms with Crippen molar-refractivity contribution in [2.24, 2.45) is 57.0 Å². The number of rotatable bonds is 2. The molecule has 0 aliphatic heterocycles. The van der Waals surface area contributed by atoms with Crippen LogP contribution in [0.1, 0.15) is 113 Å². The molecule has 2 N–H and O–H groups in total. The molecule has 0 spiro atoms. The fraction of sp³-hybridized carbons (Fsp3) is 0.903. The fourth-order valence-corrected chi connectivity index (χ4v) is 11.6. The lowest BCUT2D eigenvalue weighted by Crippen LogP contribution is -2.67. The second kappa shape index (κ2) is 7.59. The molecule has 0 radical (unpaired) electrons. The average molecular weight is 470 g/mol. The lowest BCUT2D eigenvalue weighted by Gasteiger charge is -2.72. The van der Waals surface area contributed by atoms with Gasteiger partial charge in [-0.1, -0.05) is 46.8 Å². The third kappa shape index (κ3) is 3.00. The van der Waals surface area contributed by atoms with Gasteiger partial charge in [0.2, 0.25) is 0 Å². The zero-order chi connectivity index (χ0) is 24.9. The Labute approximate surface area is 209 Å². The van der Waals surface area contributed by atoms with Crippen LogP contribution in [0.3, 0.4) is 0 Å². The zero-order valence-electron chi connectivity index (χ0n) is 23.1. The average Bonchev–Trinajstić information content (AvgIpc) is 3.09. The summed E-state index contributed by atoms with van der Waals surface area (Å²) in [5.41, 5.74) is 9.34. The van der Waals surface area contributed by atoms with Crippen LogP contribution in [0, 0.1) is 51.2 Å². The Bertz CT molecular complexity index is 879. The van der Waals surface area contributed by atoms with Crippen molar-refractivity contribution < 1.29 is 9.53 Å². The van der Waals surface area contributed by atoms with Crippen molar-refractivity contribution in [1.29, 1.82) is 0 Å². The van der Waals surface area contributed by atoms with Crippen LogP contribution in [0.25, 0.3) is 0 Å². The summed E-state index contributed by atoms with van der Waals surface area (Å²) in [6.45, 7) is 20.9. The lowest BCUT2D eigenvalue weighted by atomic mass is 9.33. The van der Waals surface area contributed by atoms with E-state index in [0.29, 0.717) is 28.1 Å². The van der Waals surface area contributed by atoms with Crippen LogP contribution in [0.15, 0.2) is 12.2 Å². The Morgan fingerprint density at radius 1 is 0.824 bits per heavy atom. The standard InChI is InChI=1S/C31H51NO2/c1-19(2)31(32)18-12-21-11-16-29(7)22(26(21)31)9-10-24-28(6)15-14-25(34-20(3)33)27(4,5)23(28)13-17-30(24,29)8/h21-26H,1,9-18,32H2,2-8H3. The molecule has 10 atom stereocenters. The fourth-order valence-electron chi connectivity index (χ4n) is 11.6. The highest BCUT2D eigenvalue weighted by atomic mass is 16.5. The summed E-state index contributed by atoms with van der Waals surface area (Å²) >= 11 is 0. The second-order valence-electron chi connectivity index (χ2n) is 14.8. The molecule has 34 heavy (non-hydrogen) atoms. The van der Waals surface area contributed by atoms with Crippen molar-refractivity contribution in [3.05, 3.63) is 12.2 Å². The van der Waals surface area contributed by atoms with Gasteiger partial charge in [0.05, 0.1) is 0 Å².